The molecule has 1 amide bonds. The van der Waals surface area contributed by atoms with Crippen molar-refractivity contribution in [2.24, 2.45) is 7.05 Å². The predicted octanol–water partition coefficient (Wildman–Crippen LogP) is 5.41. The molecule has 1 aromatic heterocycles. The summed E-state index contributed by atoms with van der Waals surface area (Å²) in [6.07, 6.45) is 4.48. The van der Waals surface area contributed by atoms with Crippen LogP contribution in [0.25, 0.3) is 11.3 Å². The van der Waals surface area contributed by atoms with Gasteiger partial charge in [-0.05, 0) is 48.4 Å². The van der Waals surface area contributed by atoms with Crippen molar-refractivity contribution in [3.05, 3.63) is 100.0 Å². The molecule has 1 atom stereocenters. The van der Waals surface area contributed by atoms with Gasteiger partial charge < -0.3 is 29.5 Å². The van der Waals surface area contributed by atoms with E-state index >= 15 is 0 Å². The van der Waals surface area contributed by atoms with Gasteiger partial charge in [-0.25, -0.2) is 4.98 Å². The Morgan fingerprint density at radius 3 is 2.47 bits per heavy atom. The maximum atomic E-state index is 13.7. The quantitative estimate of drug-likeness (QED) is 0.274. The Morgan fingerprint density at radius 2 is 1.72 bits per heavy atom. The molecule has 0 aliphatic carbocycles. The predicted molar refractivity (Wildman–Crippen MR) is 169 cm³/mol. The van der Waals surface area contributed by atoms with Crippen molar-refractivity contribution in [1.82, 2.24) is 9.55 Å². The molecule has 9 nitrogen and oxygen atoms in total. The van der Waals surface area contributed by atoms with E-state index in [1.165, 1.54) is 4.57 Å². The summed E-state index contributed by atoms with van der Waals surface area (Å²) in [6, 6.07) is 21.2. The Hall–Kier alpha value is -4.47. The van der Waals surface area contributed by atoms with Crippen LogP contribution in [-0.2, 0) is 18.4 Å². The molecule has 43 heavy (non-hydrogen) atoms. The zero-order valence-corrected chi connectivity index (χ0v) is 24.6. The number of nitrogens with one attached hydrogen (secondary N) is 1. The number of amides is 1. The first-order valence-corrected chi connectivity index (χ1v) is 14.9. The number of aryl methyl sites for hydroxylation is 1. The van der Waals surface area contributed by atoms with Crippen molar-refractivity contribution in [3.8, 4) is 11.3 Å². The topological polar surface area (TPSA) is 99.9 Å². The minimum atomic E-state index is -0.289. The molecule has 3 heterocycles. The van der Waals surface area contributed by atoms with Crippen molar-refractivity contribution in [1.29, 1.82) is 0 Å². The number of hydrogen-bond donors (Lipinski definition) is 2. The third-order valence-corrected chi connectivity index (χ3v) is 8.33. The number of fused-ring (bicyclic) bond motifs is 1. The summed E-state index contributed by atoms with van der Waals surface area (Å²) >= 11 is 0. The smallest absolute Gasteiger partial charge is 0.293 e. The van der Waals surface area contributed by atoms with Crippen LogP contribution in [0.15, 0.2) is 77.7 Å². The van der Waals surface area contributed by atoms with Crippen LogP contribution >= 0.6 is 0 Å². The van der Waals surface area contributed by atoms with E-state index in [-0.39, 0.29) is 29.9 Å². The van der Waals surface area contributed by atoms with Crippen molar-refractivity contribution < 1.29 is 14.6 Å². The number of aliphatic hydroxyl groups is 1. The van der Waals surface area contributed by atoms with Gasteiger partial charge >= 0.3 is 0 Å². The van der Waals surface area contributed by atoms with Gasteiger partial charge in [0.2, 0.25) is 0 Å². The fraction of sp³-hybridized carbons (Fsp3) is 0.324. The minimum absolute atomic E-state index is 0.0696. The SMILES string of the molecule is CCCCC1c2ccccc2C(=O)N1c1cccc(-c2cn(C)c(=O)c(Nc3ccc(N4CCOCC4)cc3)n2)c1CO. The monoisotopic (exact) mass is 579 g/mol. The molecule has 9 heteroatoms. The molecule has 2 aliphatic heterocycles. The first-order valence-electron chi connectivity index (χ1n) is 14.9. The molecule has 2 aliphatic rings. The van der Waals surface area contributed by atoms with Gasteiger partial charge in [-0.2, -0.15) is 0 Å². The molecule has 1 unspecified atom stereocenters. The highest BCUT2D eigenvalue weighted by molar-refractivity contribution is 6.11. The lowest BCUT2D eigenvalue weighted by atomic mass is 9.98. The van der Waals surface area contributed by atoms with E-state index in [1.54, 1.807) is 13.2 Å². The Balaban J connectivity index is 1.35. The summed E-state index contributed by atoms with van der Waals surface area (Å²) in [5.41, 5.74) is 5.73. The Morgan fingerprint density at radius 1 is 0.977 bits per heavy atom. The molecule has 4 aromatic rings. The van der Waals surface area contributed by atoms with E-state index in [2.05, 4.69) is 17.1 Å². The number of unbranched alkanes of at least 4 members (excludes halogenated alkanes) is 1. The molecule has 6 rings (SSSR count). The largest absolute Gasteiger partial charge is 0.392 e. The number of carbonyl (C=O) groups is 1. The maximum Gasteiger partial charge on any atom is 0.293 e. The van der Waals surface area contributed by atoms with Crippen LogP contribution < -0.4 is 20.7 Å². The fourth-order valence-electron chi connectivity index (χ4n) is 6.09. The second-order valence-electron chi connectivity index (χ2n) is 11.0. The van der Waals surface area contributed by atoms with E-state index in [0.717, 1.165) is 49.3 Å². The zero-order valence-electron chi connectivity index (χ0n) is 24.6. The molecule has 0 spiro atoms. The average Bonchev–Trinajstić information content (AvgIpc) is 3.33. The van der Waals surface area contributed by atoms with Crippen LogP contribution in [0, 0.1) is 0 Å². The van der Waals surface area contributed by atoms with Gasteiger partial charge in [0, 0.05) is 54.4 Å². The van der Waals surface area contributed by atoms with Gasteiger partial charge in [0.25, 0.3) is 11.5 Å². The van der Waals surface area contributed by atoms with Crippen LogP contribution in [-0.4, -0.2) is 46.9 Å². The normalized spacial score (nSPS) is 16.4. The Labute approximate surface area is 251 Å². The first-order chi connectivity index (χ1) is 21.0. The second-order valence-corrected chi connectivity index (χ2v) is 11.0. The number of nitrogens with zero attached hydrogens (tertiary/aromatic N) is 4. The number of aromatic nitrogens is 2. The summed E-state index contributed by atoms with van der Waals surface area (Å²) < 4.78 is 6.94. The summed E-state index contributed by atoms with van der Waals surface area (Å²) in [5, 5.41) is 13.9. The minimum Gasteiger partial charge on any atom is -0.392 e. The zero-order chi connectivity index (χ0) is 29.9. The molecule has 0 saturated carbocycles. The van der Waals surface area contributed by atoms with E-state index in [4.69, 9.17) is 9.72 Å². The number of ether oxygens (including phenoxy) is 1. The number of hydrogen-bond acceptors (Lipinski definition) is 7. The fourth-order valence-corrected chi connectivity index (χ4v) is 6.09. The first kappa shape index (κ1) is 28.6. The highest BCUT2D eigenvalue weighted by Gasteiger charge is 2.38. The highest BCUT2D eigenvalue weighted by atomic mass is 16.5. The van der Waals surface area contributed by atoms with E-state index in [0.29, 0.717) is 41.3 Å². The van der Waals surface area contributed by atoms with Crippen molar-refractivity contribution in [3.63, 3.8) is 0 Å². The number of rotatable bonds is 9. The standard InChI is InChI=1S/C34H37N5O4/c1-3-4-11-30-26-8-5-6-9-27(26)33(41)39(30)31-12-7-10-25(28(31)22-40)29-21-37(2)34(42)32(36-29)35-23-13-15-24(16-14-23)38-17-19-43-20-18-38/h5-10,12-16,21,30,40H,3-4,11,17-20,22H2,1-2H3,(H,35,36). The van der Waals surface area contributed by atoms with Gasteiger partial charge in [-0.15, -0.1) is 0 Å². The van der Waals surface area contributed by atoms with Crippen LogP contribution in [0.1, 0.15) is 53.7 Å². The lowest BCUT2D eigenvalue weighted by molar-refractivity contribution is 0.0989. The van der Waals surface area contributed by atoms with Crippen LogP contribution in [0.2, 0.25) is 0 Å². The molecular weight excluding hydrogens is 542 g/mol. The summed E-state index contributed by atoms with van der Waals surface area (Å²) in [6.45, 7) is 4.96. The van der Waals surface area contributed by atoms with Crippen molar-refractivity contribution in [2.75, 3.05) is 41.4 Å². The number of benzene rings is 3. The Kier molecular flexibility index (Phi) is 8.26. The number of anilines is 4. The van der Waals surface area contributed by atoms with Crippen LogP contribution in [0.4, 0.5) is 22.9 Å². The van der Waals surface area contributed by atoms with Gasteiger partial charge in [0.1, 0.15) is 0 Å². The van der Waals surface area contributed by atoms with Crippen LogP contribution in [0.3, 0.4) is 0 Å². The lowest BCUT2D eigenvalue weighted by Crippen LogP contribution is -2.36. The number of aliphatic hydroxyl groups excluding tert-OH is 1. The number of morpholine rings is 1. The van der Waals surface area contributed by atoms with Gasteiger partial charge in [0.05, 0.1) is 37.2 Å². The van der Waals surface area contributed by atoms with Gasteiger partial charge in [-0.3, -0.25) is 9.59 Å². The van der Waals surface area contributed by atoms with Gasteiger partial charge in [-0.1, -0.05) is 50.1 Å². The lowest BCUT2D eigenvalue weighted by Gasteiger charge is -2.29. The molecule has 0 radical (unpaired) electrons. The van der Waals surface area contributed by atoms with E-state index in [9.17, 15) is 14.7 Å². The average molecular weight is 580 g/mol. The molecular formula is C34H37N5O4. The summed E-state index contributed by atoms with van der Waals surface area (Å²) in [7, 11) is 1.68. The van der Waals surface area contributed by atoms with E-state index < -0.39 is 0 Å². The molecule has 222 valence electrons. The third-order valence-electron chi connectivity index (χ3n) is 8.33. The van der Waals surface area contributed by atoms with Gasteiger partial charge in [0.15, 0.2) is 5.82 Å². The molecule has 2 N–H and O–H groups in total. The molecule has 3 aromatic carbocycles. The number of carbonyl (C=O) groups excluding carboxylic acids is 1. The van der Waals surface area contributed by atoms with Crippen LogP contribution in [0.5, 0.6) is 0 Å². The molecule has 1 saturated heterocycles. The molecule has 0 bridgehead atoms. The highest BCUT2D eigenvalue weighted by Crippen LogP contribution is 2.43. The van der Waals surface area contributed by atoms with E-state index in [1.807, 2.05) is 71.6 Å². The van der Waals surface area contributed by atoms with Crippen molar-refractivity contribution in [2.45, 2.75) is 38.8 Å². The summed E-state index contributed by atoms with van der Waals surface area (Å²) in [4.78, 5) is 35.7. The summed E-state index contributed by atoms with van der Waals surface area (Å²) in [5.74, 6) is 0.110. The maximum absolute atomic E-state index is 13.7. The Bertz CT molecular complexity index is 1680. The third kappa shape index (κ3) is 5.53. The van der Waals surface area contributed by atoms with Crippen molar-refractivity contribution >= 4 is 28.8 Å². The second kappa shape index (κ2) is 12.4. The molecule has 1 fully saturated rings.